The third-order valence-corrected chi connectivity index (χ3v) is 3.17. The van der Waals surface area contributed by atoms with Crippen molar-refractivity contribution in [3.05, 3.63) is 41.2 Å². The maximum absolute atomic E-state index is 5.84. The summed E-state index contributed by atoms with van der Waals surface area (Å²) in [4.78, 5) is 8.51. The summed E-state index contributed by atoms with van der Waals surface area (Å²) in [5.74, 6) is 2.90. The van der Waals surface area contributed by atoms with Crippen LogP contribution in [0.3, 0.4) is 0 Å². The van der Waals surface area contributed by atoms with Gasteiger partial charge in [0.2, 0.25) is 0 Å². The standard InChI is InChI=1S/C15H20N4O/c1-10-14(16)18-11(2)19-15(10)17-9-8-12-6-4-5-7-13(12)20-3/h4-7H,8-9H2,1-3H3,(H3,16,17,18,19). The van der Waals surface area contributed by atoms with Crippen LogP contribution in [0.2, 0.25) is 0 Å². The Kier molecular flexibility index (Phi) is 4.40. The van der Waals surface area contributed by atoms with Gasteiger partial charge < -0.3 is 15.8 Å². The smallest absolute Gasteiger partial charge is 0.134 e. The molecule has 2 aromatic rings. The van der Waals surface area contributed by atoms with Gasteiger partial charge in [0.15, 0.2) is 0 Å². The Morgan fingerprint density at radius 3 is 2.70 bits per heavy atom. The normalized spacial score (nSPS) is 10.3. The summed E-state index contributed by atoms with van der Waals surface area (Å²) in [5.41, 5.74) is 7.89. The zero-order chi connectivity index (χ0) is 14.5. The zero-order valence-electron chi connectivity index (χ0n) is 12.1. The van der Waals surface area contributed by atoms with Gasteiger partial charge in [0.25, 0.3) is 0 Å². The molecule has 0 amide bonds. The van der Waals surface area contributed by atoms with Crippen LogP contribution in [-0.2, 0) is 6.42 Å². The molecule has 0 aliphatic rings. The second-order valence-corrected chi connectivity index (χ2v) is 4.62. The molecule has 0 bridgehead atoms. The highest BCUT2D eigenvalue weighted by atomic mass is 16.5. The predicted molar refractivity (Wildman–Crippen MR) is 81.1 cm³/mol. The number of aryl methyl sites for hydroxylation is 1. The molecule has 2 rings (SSSR count). The molecule has 20 heavy (non-hydrogen) atoms. The van der Waals surface area contributed by atoms with Crippen LogP contribution in [0, 0.1) is 13.8 Å². The summed E-state index contributed by atoms with van der Waals surface area (Å²) >= 11 is 0. The van der Waals surface area contributed by atoms with Crippen molar-refractivity contribution in [1.29, 1.82) is 0 Å². The van der Waals surface area contributed by atoms with Crippen molar-refractivity contribution in [1.82, 2.24) is 9.97 Å². The Hall–Kier alpha value is -2.30. The van der Waals surface area contributed by atoms with Gasteiger partial charge in [-0.2, -0.15) is 0 Å². The minimum Gasteiger partial charge on any atom is -0.496 e. The Morgan fingerprint density at radius 1 is 1.20 bits per heavy atom. The monoisotopic (exact) mass is 272 g/mol. The van der Waals surface area contributed by atoms with E-state index in [0.717, 1.165) is 30.1 Å². The van der Waals surface area contributed by atoms with Crippen LogP contribution in [0.1, 0.15) is 17.0 Å². The molecule has 1 aromatic heterocycles. The van der Waals surface area contributed by atoms with Crippen LogP contribution in [0.5, 0.6) is 5.75 Å². The molecular formula is C15H20N4O. The van der Waals surface area contributed by atoms with E-state index in [4.69, 9.17) is 10.5 Å². The molecule has 0 unspecified atom stereocenters. The Morgan fingerprint density at radius 2 is 1.95 bits per heavy atom. The molecule has 0 radical (unpaired) electrons. The molecule has 0 saturated carbocycles. The molecule has 106 valence electrons. The summed E-state index contributed by atoms with van der Waals surface area (Å²) in [7, 11) is 1.69. The van der Waals surface area contributed by atoms with E-state index in [-0.39, 0.29) is 0 Å². The first-order chi connectivity index (χ1) is 9.61. The first kappa shape index (κ1) is 14.1. The Labute approximate surface area is 119 Å². The number of benzene rings is 1. The largest absolute Gasteiger partial charge is 0.496 e. The van der Waals surface area contributed by atoms with E-state index in [9.17, 15) is 0 Å². The molecule has 1 heterocycles. The van der Waals surface area contributed by atoms with Crippen molar-refractivity contribution in [2.45, 2.75) is 20.3 Å². The van der Waals surface area contributed by atoms with Crippen LogP contribution in [0.25, 0.3) is 0 Å². The number of hydrogen-bond acceptors (Lipinski definition) is 5. The van der Waals surface area contributed by atoms with E-state index < -0.39 is 0 Å². The van der Waals surface area contributed by atoms with E-state index in [0.29, 0.717) is 11.6 Å². The highest BCUT2D eigenvalue weighted by Gasteiger charge is 2.07. The summed E-state index contributed by atoms with van der Waals surface area (Å²) in [6.07, 6.45) is 0.854. The van der Waals surface area contributed by atoms with Crippen LogP contribution in [-0.4, -0.2) is 23.6 Å². The second-order valence-electron chi connectivity index (χ2n) is 4.62. The number of nitrogen functional groups attached to an aromatic ring is 1. The van der Waals surface area contributed by atoms with Crippen molar-refractivity contribution in [2.75, 3.05) is 24.7 Å². The number of ether oxygens (including phenoxy) is 1. The molecule has 0 atom stereocenters. The molecule has 0 spiro atoms. The van der Waals surface area contributed by atoms with Crippen LogP contribution < -0.4 is 15.8 Å². The van der Waals surface area contributed by atoms with Gasteiger partial charge in [-0.3, -0.25) is 0 Å². The number of para-hydroxylation sites is 1. The first-order valence-corrected chi connectivity index (χ1v) is 6.58. The summed E-state index contributed by atoms with van der Waals surface area (Å²) < 4.78 is 5.34. The van der Waals surface area contributed by atoms with Crippen LogP contribution in [0.15, 0.2) is 24.3 Å². The van der Waals surface area contributed by atoms with Crippen LogP contribution in [0.4, 0.5) is 11.6 Å². The molecule has 5 nitrogen and oxygen atoms in total. The fraction of sp³-hybridized carbons (Fsp3) is 0.333. The van der Waals surface area contributed by atoms with E-state index in [1.807, 2.05) is 32.0 Å². The maximum Gasteiger partial charge on any atom is 0.134 e. The lowest BCUT2D eigenvalue weighted by Gasteiger charge is -2.12. The fourth-order valence-electron chi connectivity index (χ4n) is 2.05. The number of hydrogen-bond donors (Lipinski definition) is 2. The van der Waals surface area contributed by atoms with Crippen molar-refractivity contribution in [3.63, 3.8) is 0 Å². The van der Waals surface area contributed by atoms with Crippen LogP contribution >= 0.6 is 0 Å². The number of nitrogens with two attached hydrogens (primary N) is 1. The maximum atomic E-state index is 5.84. The molecular weight excluding hydrogens is 252 g/mol. The quantitative estimate of drug-likeness (QED) is 0.874. The van der Waals surface area contributed by atoms with Crippen molar-refractivity contribution >= 4 is 11.6 Å². The average Bonchev–Trinajstić information content (AvgIpc) is 2.44. The average molecular weight is 272 g/mol. The van der Waals surface area contributed by atoms with Gasteiger partial charge in [-0.25, -0.2) is 9.97 Å². The predicted octanol–water partition coefficient (Wildman–Crippen LogP) is 2.34. The van der Waals surface area contributed by atoms with E-state index >= 15 is 0 Å². The number of aromatic nitrogens is 2. The topological polar surface area (TPSA) is 73.1 Å². The fourth-order valence-corrected chi connectivity index (χ4v) is 2.05. The lowest BCUT2D eigenvalue weighted by Crippen LogP contribution is -2.11. The summed E-state index contributed by atoms with van der Waals surface area (Å²) in [5, 5.41) is 3.31. The minimum absolute atomic E-state index is 0.525. The van der Waals surface area contributed by atoms with Gasteiger partial charge in [-0.1, -0.05) is 18.2 Å². The lowest BCUT2D eigenvalue weighted by atomic mass is 10.1. The van der Waals surface area contributed by atoms with Gasteiger partial charge in [0.1, 0.15) is 23.2 Å². The molecule has 0 aliphatic heterocycles. The number of rotatable bonds is 5. The van der Waals surface area contributed by atoms with Crippen molar-refractivity contribution < 1.29 is 4.74 Å². The molecule has 1 aromatic carbocycles. The van der Waals surface area contributed by atoms with Crippen molar-refractivity contribution in [2.24, 2.45) is 0 Å². The highest BCUT2D eigenvalue weighted by molar-refractivity contribution is 5.54. The molecule has 3 N–H and O–H groups in total. The molecule has 0 fully saturated rings. The summed E-state index contributed by atoms with van der Waals surface area (Å²) in [6.45, 7) is 4.51. The third-order valence-electron chi connectivity index (χ3n) is 3.17. The van der Waals surface area contributed by atoms with E-state index in [1.54, 1.807) is 7.11 Å². The number of nitrogens with one attached hydrogen (secondary N) is 1. The van der Waals surface area contributed by atoms with Gasteiger partial charge in [-0.05, 0) is 31.9 Å². The van der Waals surface area contributed by atoms with Crippen molar-refractivity contribution in [3.8, 4) is 5.75 Å². The Balaban J connectivity index is 2.03. The van der Waals surface area contributed by atoms with E-state index in [2.05, 4.69) is 21.4 Å². The molecule has 0 saturated heterocycles. The lowest BCUT2D eigenvalue weighted by molar-refractivity contribution is 0.410. The highest BCUT2D eigenvalue weighted by Crippen LogP contribution is 2.19. The van der Waals surface area contributed by atoms with E-state index in [1.165, 1.54) is 5.56 Å². The molecule has 0 aliphatic carbocycles. The first-order valence-electron chi connectivity index (χ1n) is 6.58. The van der Waals surface area contributed by atoms with Gasteiger partial charge in [0.05, 0.1) is 7.11 Å². The number of methoxy groups -OCH3 is 1. The SMILES string of the molecule is COc1ccccc1CCNc1nc(C)nc(N)c1C. The minimum atomic E-state index is 0.525. The van der Waals surface area contributed by atoms with Gasteiger partial charge >= 0.3 is 0 Å². The third kappa shape index (κ3) is 3.17. The number of nitrogens with zero attached hydrogens (tertiary/aromatic N) is 2. The second kappa shape index (κ2) is 6.23. The Bertz CT molecular complexity index is 598. The molecule has 5 heteroatoms. The summed E-state index contributed by atoms with van der Waals surface area (Å²) in [6, 6.07) is 8.00. The zero-order valence-corrected chi connectivity index (χ0v) is 12.1. The van der Waals surface area contributed by atoms with Gasteiger partial charge in [0, 0.05) is 12.1 Å². The van der Waals surface area contributed by atoms with Gasteiger partial charge in [-0.15, -0.1) is 0 Å². The number of anilines is 2.